The molecule has 0 aromatic heterocycles. The van der Waals surface area contributed by atoms with Gasteiger partial charge in [0.25, 0.3) is 0 Å². The van der Waals surface area contributed by atoms with Crippen LogP contribution in [0.3, 0.4) is 0 Å². The molecule has 0 spiro atoms. The SMILES string of the molecule is Cc1ccc(CNC(=O)C2CC2C(=O)Nc2c(C)cc(C)cc2Cl)cc1. The van der Waals surface area contributed by atoms with Crippen LogP contribution < -0.4 is 10.6 Å². The van der Waals surface area contributed by atoms with Crippen LogP contribution in [-0.2, 0) is 16.1 Å². The van der Waals surface area contributed by atoms with E-state index in [1.54, 1.807) is 0 Å². The highest BCUT2D eigenvalue weighted by molar-refractivity contribution is 6.34. The lowest BCUT2D eigenvalue weighted by atomic mass is 10.1. The van der Waals surface area contributed by atoms with E-state index in [1.165, 1.54) is 5.56 Å². The molecule has 3 rings (SSSR count). The molecular formula is C21H23ClN2O2. The van der Waals surface area contributed by atoms with Crippen LogP contribution in [0.1, 0.15) is 28.7 Å². The van der Waals surface area contributed by atoms with Gasteiger partial charge in [0.1, 0.15) is 0 Å². The smallest absolute Gasteiger partial charge is 0.228 e. The second-order valence-electron chi connectivity index (χ2n) is 7.08. The minimum Gasteiger partial charge on any atom is -0.352 e. The molecule has 0 radical (unpaired) electrons. The Kier molecular flexibility index (Phi) is 5.33. The first-order valence-corrected chi connectivity index (χ1v) is 9.14. The van der Waals surface area contributed by atoms with E-state index in [2.05, 4.69) is 10.6 Å². The molecule has 136 valence electrons. The number of aryl methyl sites for hydroxylation is 3. The fraction of sp³-hybridized carbons (Fsp3) is 0.333. The highest BCUT2D eigenvalue weighted by Crippen LogP contribution is 2.40. The van der Waals surface area contributed by atoms with E-state index in [9.17, 15) is 9.59 Å². The number of benzene rings is 2. The zero-order chi connectivity index (χ0) is 18.8. The van der Waals surface area contributed by atoms with E-state index < -0.39 is 0 Å². The second-order valence-corrected chi connectivity index (χ2v) is 7.49. The first-order valence-electron chi connectivity index (χ1n) is 8.76. The fourth-order valence-electron chi connectivity index (χ4n) is 3.09. The van der Waals surface area contributed by atoms with Gasteiger partial charge in [0.2, 0.25) is 11.8 Å². The molecule has 26 heavy (non-hydrogen) atoms. The third-order valence-corrected chi connectivity index (χ3v) is 5.03. The second kappa shape index (κ2) is 7.50. The van der Waals surface area contributed by atoms with E-state index in [1.807, 2.05) is 57.2 Å². The van der Waals surface area contributed by atoms with Crippen LogP contribution in [0, 0.1) is 32.6 Å². The average Bonchev–Trinajstić information content (AvgIpc) is 3.38. The molecule has 0 aliphatic heterocycles. The van der Waals surface area contributed by atoms with Crippen molar-refractivity contribution in [1.29, 1.82) is 0 Å². The van der Waals surface area contributed by atoms with E-state index in [4.69, 9.17) is 11.6 Å². The minimum absolute atomic E-state index is 0.0718. The van der Waals surface area contributed by atoms with Crippen LogP contribution >= 0.6 is 11.6 Å². The van der Waals surface area contributed by atoms with Gasteiger partial charge in [-0.2, -0.15) is 0 Å². The van der Waals surface area contributed by atoms with E-state index >= 15 is 0 Å². The topological polar surface area (TPSA) is 58.2 Å². The van der Waals surface area contributed by atoms with Crippen LogP contribution in [0.5, 0.6) is 0 Å². The van der Waals surface area contributed by atoms with Crippen molar-refractivity contribution < 1.29 is 9.59 Å². The largest absolute Gasteiger partial charge is 0.352 e. The Labute approximate surface area is 158 Å². The van der Waals surface area contributed by atoms with Crippen molar-refractivity contribution >= 4 is 29.1 Å². The van der Waals surface area contributed by atoms with Gasteiger partial charge in [-0.1, -0.05) is 47.5 Å². The molecular weight excluding hydrogens is 348 g/mol. The van der Waals surface area contributed by atoms with Gasteiger partial charge in [0.05, 0.1) is 22.5 Å². The third kappa shape index (κ3) is 4.25. The molecule has 1 aliphatic rings. The Balaban J connectivity index is 1.53. The fourth-order valence-corrected chi connectivity index (χ4v) is 3.46. The summed E-state index contributed by atoms with van der Waals surface area (Å²) >= 11 is 6.24. The van der Waals surface area contributed by atoms with E-state index in [-0.39, 0.29) is 23.7 Å². The summed E-state index contributed by atoms with van der Waals surface area (Å²) in [6, 6.07) is 11.8. The standard InChI is InChI=1S/C21H23ClN2O2/c1-12-4-6-15(7-5-12)11-23-20(25)16-10-17(16)21(26)24-19-14(3)8-13(2)9-18(19)22/h4-9,16-17H,10-11H2,1-3H3,(H,23,25)(H,24,26). The van der Waals surface area contributed by atoms with Crippen LogP contribution in [0.25, 0.3) is 0 Å². The Hall–Kier alpha value is -2.33. The lowest BCUT2D eigenvalue weighted by Gasteiger charge is -2.11. The van der Waals surface area contributed by atoms with Crippen molar-refractivity contribution in [3.05, 3.63) is 63.7 Å². The van der Waals surface area contributed by atoms with Crippen molar-refractivity contribution in [2.75, 3.05) is 5.32 Å². The molecule has 2 atom stereocenters. The lowest BCUT2D eigenvalue weighted by Crippen LogP contribution is -2.27. The van der Waals surface area contributed by atoms with Crippen molar-refractivity contribution in [2.24, 2.45) is 11.8 Å². The highest BCUT2D eigenvalue weighted by atomic mass is 35.5. The maximum Gasteiger partial charge on any atom is 0.228 e. The quantitative estimate of drug-likeness (QED) is 0.830. The van der Waals surface area contributed by atoms with Crippen molar-refractivity contribution in [3.8, 4) is 0 Å². The zero-order valence-electron chi connectivity index (χ0n) is 15.2. The number of halogens is 1. The van der Waals surface area contributed by atoms with Crippen LogP contribution in [0.15, 0.2) is 36.4 Å². The molecule has 1 fully saturated rings. The molecule has 0 bridgehead atoms. The van der Waals surface area contributed by atoms with Gasteiger partial charge in [-0.05, 0) is 49.9 Å². The monoisotopic (exact) mass is 370 g/mol. The zero-order valence-corrected chi connectivity index (χ0v) is 16.0. The maximum atomic E-state index is 12.4. The molecule has 0 saturated heterocycles. The van der Waals surface area contributed by atoms with Gasteiger partial charge >= 0.3 is 0 Å². The molecule has 1 saturated carbocycles. The number of anilines is 1. The van der Waals surface area contributed by atoms with E-state index in [0.717, 1.165) is 16.7 Å². The van der Waals surface area contributed by atoms with Gasteiger partial charge in [0, 0.05) is 6.54 Å². The van der Waals surface area contributed by atoms with Gasteiger partial charge in [-0.15, -0.1) is 0 Å². The predicted molar refractivity (Wildman–Crippen MR) is 104 cm³/mol. The Morgan fingerprint density at radius 3 is 2.31 bits per heavy atom. The van der Waals surface area contributed by atoms with Gasteiger partial charge < -0.3 is 10.6 Å². The average molecular weight is 371 g/mol. The maximum absolute atomic E-state index is 12.4. The number of carbonyl (C=O) groups is 2. The van der Waals surface area contributed by atoms with Gasteiger partial charge in [-0.3, -0.25) is 9.59 Å². The molecule has 4 nitrogen and oxygen atoms in total. The number of hydrogen-bond donors (Lipinski definition) is 2. The molecule has 5 heteroatoms. The summed E-state index contributed by atoms with van der Waals surface area (Å²) < 4.78 is 0. The summed E-state index contributed by atoms with van der Waals surface area (Å²) in [5.41, 5.74) is 4.83. The van der Waals surface area contributed by atoms with Gasteiger partial charge in [-0.25, -0.2) is 0 Å². The number of amides is 2. The summed E-state index contributed by atoms with van der Waals surface area (Å²) in [7, 11) is 0. The molecule has 0 heterocycles. The predicted octanol–water partition coefficient (Wildman–Crippen LogP) is 4.16. The summed E-state index contributed by atoms with van der Waals surface area (Å²) in [6.07, 6.45) is 0.577. The number of nitrogens with one attached hydrogen (secondary N) is 2. The molecule has 2 aromatic carbocycles. The molecule has 2 N–H and O–H groups in total. The van der Waals surface area contributed by atoms with E-state index in [0.29, 0.717) is 23.7 Å². The summed E-state index contributed by atoms with van der Waals surface area (Å²) in [6.45, 7) is 6.37. The highest BCUT2D eigenvalue weighted by Gasteiger charge is 2.48. The van der Waals surface area contributed by atoms with Crippen molar-refractivity contribution in [2.45, 2.75) is 33.7 Å². The molecule has 2 aromatic rings. The molecule has 2 unspecified atom stereocenters. The van der Waals surface area contributed by atoms with Crippen molar-refractivity contribution in [3.63, 3.8) is 0 Å². The summed E-state index contributed by atoms with van der Waals surface area (Å²) in [5, 5.41) is 6.32. The Morgan fingerprint density at radius 2 is 1.65 bits per heavy atom. The van der Waals surface area contributed by atoms with Crippen molar-refractivity contribution in [1.82, 2.24) is 5.32 Å². The number of carbonyl (C=O) groups excluding carboxylic acids is 2. The van der Waals surface area contributed by atoms with Gasteiger partial charge in [0.15, 0.2) is 0 Å². The van der Waals surface area contributed by atoms with Crippen LogP contribution in [0.4, 0.5) is 5.69 Å². The summed E-state index contributed by atoms with van der Waals surface area (Å²) in [5.74, 6) is -0.762. The third-order valence-electron chi connectivity index (χ3n) is 4.73. The van der Waals surface area contributed by atoms with Crippen LogP contribution in [-0.4, -0.2) is 11.8 Å². The lowest BCUT2D eigenvalue weighted by molar-refractivity contribution is -0.125. The minimum atomic E-state index is -0.287. The normalized spacial score (nSPS) is 18.3. The summed E-state index contributed by atoms with van der Waals surface area (Å²) in [4.78, 5) is 24.7. The molecule has 1 aliphatic carbocycles. The number of rotatable bonds is 5. The molecule has 2 amide bonds. The first-order chi connectivity index (χ1) is 12.3. The number of hydrogen-bond acceptors (Lipinski definition) is 2. The van der Waals surface area contributed by atoms with Crippen LogP contribution in [0.2, 0.25) is 5.02 Å². The Morgan fingerprint density at radius 1 is 1.00 bits per heavy atom. The first kappa shape index (κ1) is 18.5. The Bertz CT molecular complexity index is 823.